The standard InChI is InChI=1S/C10H13NO/c1-2-4-8-5-3-6-9-10(8)12-7-11-9/h3,5-6,11H,2,4,7H2,1H3. The molecule has 0 unspecified atom stereocenters. The summed E-state index contributed by atoms with van der Waals surface area (Å²) < 4.78 is 5.47. The van der Waals surface area contributed by atoms with Gasteiger partial charge < -0.3 is 10.1 Å². The molecule has 1 aliphatic heterocycles. The van der Waals surface area contributed by atoms with Crippen molar-refractivity contribution in [1.29, 1.82) is 0 Å². The number of aryl methyl sites for hydroxylation is 1. The zero-order chi connectivity index (χ0) is 8.39. The van der Waals surface area contributed by atoms with Crippen molar-refractivity contribution in [3.8, 4) is 5.75 Å². The van der Waals surface area contributed by atoms with Crippen molar-refractivity contribution >= 4 is 5.69 Å². The van der Waals surface area contributed by atoms with Crippen LogP contribution in [0.25, 0.3) is 0 Å². The Hall–Kier alpha value is -1.18. The molecule has 0 saturated heterocycles. The van der Waals surface area contributed by atoms with Crippen LogP contribution in [0.3, 0.4) is 0 Å². The van der Waals surface area contributed by atoms with Crippen LogP contribution in [0.2, 0.25) is 0 Å². The van der Waals surface area contributed by atoms with Gasteiger partial charge in [0, 0.05) is 0 Å². The molecule has 1 heterocycles. The van der Waals surface area contributed by atoms with Gasteiger partial charge in [-0.2, -0.15) is 0 Å². The summed E-state index contributed by atoms with van der Waals surface area (Å²) in [6.07, 6.45) is 2.27. The van der Waals surface area contributed by atoms with Gasteiger partial charge in [-0.25, -0.2) is 0 Å². The number of anilines is 1. The summed E-state index contributed by atoms with van der Waals surface area (Å²) in [5, 5.41) is 3.18. The van der Waals surface area contributed by atoms with E-state index in [9.17, 15) is 0 Å². The van der Waals surface area contributed by atoms with E-state index in [1.54, 1.807) is 0 Å². The van der Waals surface area contributed by atoms with E-state index in [0.717, 1.165) is 17.9 Å². The summed E-state index contributed by atoms with van der Waals surface area (Å²) in [5.41, 5.74) is 2.46. The van der Waals surface area contributed by atoms with E-state index in [2.05, 4.69) is 30.4 Å². The van der Waals surface area contributed by atoms with E-state index in [-0.39, 0.29) is 0 Å². The number of fused-ring (bicyclic) bond motifs is 1. The lowest BCUT2D eigenvalue weighted by molar-refractivity contribution is 0.368. The summed E-state index contributed by atoms with van der Waals surface area (Å²) in [7, 11) is 0. The van der Waals surface area contributed by atoms with Gasteiger partial charge in [0.25, 0.3) is 0 Å². The first kappa shape index (κ1) is 7.47. The summed E-state index contributed by atoms with van der Waals surface area (Å²) in [5.74, 6) is 1.05. The molecule has 1 aromatic rings. The minimum Gasteiger partial charge on any atom is -0.471 e. The number of nitrogens with one attached hydrogen (secondary N) is 1. The zero-order valence-electron chi connectivity index (χ0n) is 7.26. The van der Waals surface area contributed by atoms with Crippen molar-refractivity contribution in [2.24, 2.45) is 0 Å². The Morgan fingerprint density at radius 3 is 3.25 bits per heavy atom. The highest BCUT2D eigenvalue weighted by molar-refractivity contribution is 5.62. The number of ether oxygens (including phenoxy) is 1. The third kappa shape index (κ3) is 1.13. The van der Waals surface area contributed by atoms with E-state index < -0.39 is 0 Å². The van der Waals surface area contributed by atoms with Crippen LogP contribution >= 0.6 is 0 Å². The van der Waals surface area contributed by atoms with Crippen LogP contribution in [-0.4, -0.2) is 6.73 Å². The van der Waals surface area contributed by atoms with Gasteiger partial charge in [-0.05, 0) is 18.1 Å². The molecule has 0 radical (unpaired) electrons. The molecule has 0 saturated carbocycles. The van der Waals surface area contributed by atoms with Crippen LogP contribution in [0.5, 0.6) is 5.75 Å². The lowest BCUT2D eigenvalue weighted by Gasteiger charge is -2.04. The van der Waals surface area contributed by atoms with Crippen molar-refractivity contribution in [3.05, 3.63) is 23.8 Å². The van der Waals surface area contributed by atoms with Crippen LogP contribution in [0.4, 0.5) is 5.69 Å². The van der Waals surface area contributed by atoms with Gasteiger partial charge in [-0.15, -0.1) is 0 Å². The largest absolute Gasteiger partial charge is 0.471 e. The molecule has 12 heavy (non-hydrogen) atoms. The van der Waals surface area contributed by atoms with Crippen LogP contribution in [0.1, 0.15) is 18.9 Å². The first-order valence-electron chi connectivity index (χ1n) is 4.40. The van der Waals surface area contributed by atoms with Gasteiger partial charge in [-0.3, -0.25) is 0 Å². The molecular formula is C10H13NO. The fourth-order valence-corrected chi connectivity index (χ4v) is 1.55. The summed E-state index contributed by atoms with van der Waals surface area (Å²) in [6.45, 7) is 2.80. The SMILES string of the molecule is CCCc1cccc2c1OCN2. The Labute approximate surface area is 72.5 Å². The maximum atomic E-state index is 5.47. The molecule has 0 atom stereocenters. The average molecular weight is 163 g/mol. The van der Waals surface area contributed by atoms with Crippen LogP contribution in [0.15, 0.2) is 18.2 Å². The van der Waals surface area contributed by atoms with E-state index in [4.69, 9.17) is 4.74 Å². The van der Waals surface area contributed by atoms with E-state index in [1.165, 1.54) is 12.0 Å². The van der Waals surface area contributed by atoms with Gasteiger partial charge in [0.05, 0.1) is 5.69 Å². The summed E-state index contributed by atoms with van der Waals surface area (Å²) in [6, 6.07) is 6.27. The quantitative estimate of drug-likeness (QED) is 0.722. The molecular weight excluding hydrogens is 150 g/mol. The second kappa shape index (κ2) is 3.05. The number of para-hydroxylation sites is 1. The van der Waals surface area contributed by atoms with Crippen molar-refractivity contribution in [1.82, 2.24) is 0 Å². The average Bonchev–Trinajstić information content (AvgIpc) is 2.53. The molecule has 1 N–H and O–H groups in total. The molecule has 2 rings (SSSR count). The van der Waals surface area contributed by atoms with Gasteiger partial charge in [0.1, 0.15) is 5.75 Å². The molecule has 1 aliphatic rings. The Balaban J connectivity index is 2.36. The second-order valence-corrected chi connectivity index (χ2v) is 3.01. The molecule has 1 aromatic carbocycles. The fourth-order valence-electron chi connectivity index (χ4n) is 1.55. The number of hydrogen-bond acceptors (Lipinski definition) is 2. The molecule has 0 spiro atoms. The molecule has 0 amide bonds. The normalized spacial score (nSPS) is 13.4. The predicted molar refractivity (Wildman–Crippen MR) is 49.6 cm³/mol. The lowest BCUT2D eigenvalue weighted by Crippen LogP contribution is -1.96. The van der Waals surface area contributed by atoms with Crippen molar-refractivity contribution in [2.45, 2.75) is 19.8 Å². The third-order valence-corrected chi connectivity index (χ3v) is 2.10. The van der Waals surface area contributed by atoms with Gasteiger partial charge >= 0.3 is 0 Å². The number of hydrogen-bond donors (Lipinski definition) is 1. The highest BCUT2D eigenvalue weighted by Crippen LogP contribution is 2.33. The Kier molecular flexibility index (Phi) is 1.90. The van der Waals surface area contributed by atoms with Crippen LogP contribution in [-0.2, 0) is 6.42 Å². The maximum Gasteiger partial charge on any atom is 0.159 e. The minimum absolute atomic E-state index is 0.621. The Morgan fingerprint density at radius 2 is 2.42 bits per heavy atom. The molecule has 0 aliphatic carbocycles. The van der Waals surface area contributed by atoms with Crippen molar-refractivity contribution in [3.63, 3.8) is 0 Å². The lowest BCUT2D eigenvalue weighted by atomic mass is 10.1. The molecule has 2 nitrogen and oxygen atoms in total. The predicted octanol–water partition coefficient (Wildman–Crippen LogP) is 2.40. The van der Waals surface area contributed by atoms with E-state index in [0.29, 0.717) is 6.73 Å². The second-order valence-electron chi connectivity index (χ2n) is 3.01. The first-order chi connectivity index (χ1) is 5.92. The number of rotatable bonds is 2. The molecule has 2 heteroatoms. The highest BCUT2D eigenvalue weighted by Gasteiger charge is 2.13. The van der Waals surface area contributed by atoms with Gasteiger partial charge in [0.15, 0.2) is 6.73 Å². The summed E-state index contributed by atoms with van der Waals surface area (Å²) >= 11 is 0. The third-order valence-electron chi connectivity index (χ3n) is 2.10. The van der Waals surface area contributed by atoms with Crippen LogP contribution < -0.4 is 10.1 Å². The van der Waals surface area contributed by atoms with Crippen molar-refractivity contribution < 1.29 is 4.74 Å². The fraction of sp³-hybridized carbons (Fsp3) is 0.400. The van der Waals surface area contributed by atoms with E-state index >= 15 is 0 Å². The minimum atomic E-state index is 0.621. The van der Waals surface area contributed by atoms with Crippen molar-refractivity contribution in [2.75, 3.05) is 12.0 Å². The van der Waals surface area contributed by atoms with Crippen LogP contribution in [0, 0.1) is 0 Å². The van der Waals surface area contributed by atoms with E-state index in [1.807, 2.05) is 0 Å². The summed E-state index contributed by atoms with van der Waals surface area (Å²) in [4.78, 5) is 0. The van der Waals surface area contributed by atoms with Gasteiger partial charge in [-0.1, -0.05) is 25.5 Å². The zero-order valence-corrected chi connectivity index (χ0v) is 7.26. The molecule has 0 bridgehead atoms. The maximum absolute atomic E-state index is 5.47. The first-order valence-corrected chi connectivity index (χ1v) is 4.40. The topological polar surface area (TPSA) is 21.3 Å². The van der Waals surface area contributed by atoms with Gasteiger partial charge in [0.2, 0.25) is 0 Å². The molecule has 64 valence electrons. The Morgan fingerprint density at radius 1 is 1.50 bits per heavy atom. The smallest absolute Gasteiger partial charge is 0.159 e. The monoisotopic (exact) mass is 163 g/mol. The molecule has 0 fully saturated rings. The highest BCUT2D eigenvalue weighted by atomic mass is 16.5. The number of benzene rings is 1. The Bertz CT molecular complexity index is 283. The molecule has 0 aromatic heterocycles.